The highest BCUT2D eigenvalue weighted by Gasteiger charge is 2.17. The molecule has 1 aromatic heterocycles. The third-order valence-electron chi connectivity index (χ3n) is 3.53. The maximum atomic E-state index is 11.7. The van der Waals surface area contributed by atoms with Gasteiger partial charge in [0.15, 0.2) is 0 Å². The predicted molar refractivity (Wildman–Crippen MR) is 81.2 cm³/mol. The van der Waals surface area contributed by atoms with Gasteiger partial charge in [0, 0.05) is 43.8 Å². The minimum Gasteiger partial charge on any atom is -0.461 e. The van der Waals surface area contributed by atoms with E-state index in [0.29, 0.717) is 18.8 Å². The minimum absolute atomic E-state index is 0. The molecule has 0 saturated carbocycles. The molecule has 2 heterocycles. The molecule has 20 heavy (non-hydrogen) atoms. The number of hydrogen-bond acceptors (Lipinski definition) is 3. The van der Waals surface area contributed by atoms with Crippen LogP contribution in [0.2, 0.25) is 0 Å². The van der Waals surface area contributed by atoms with Crippen LogP contribution in [0.1, 0.15) is 12.2 Å². The topological polar surface area (TPSA) is 54.3 Å². The van der Waals surface area contributed by atoms with Crippen molar-refractivity contribution in [2.24, 2.45) is 5.92 Å². The van der Waals surface area contributed by atoms with E-state index in [2.05, 4.69) is 10.6 Å². The Balaban J connectivity index is 0.00000147. The van der Waals surface area contributed by atoms with Crippen LogP contribution in [0.4, 0.5) is 0 Å². The molecule has 108 valence electrons. The van der Waals surface area contributed by atoms with Gasteiger partial charge in [-0.2, -0.15) is 0 Å². The van der Waals surface area contributed by atoms with E-state index in [0.717, 1.165) is 36.4 Å². The summed E-state index contributed by atoms with van der Waals surface area (Å²) in [6.45, 7) is 2.82. The number of nitrogens with one attached hydrogen (secondary N) is 2. The molecule has 1 amide bonds. The summed E-state index contributed by atoms with van der Waals surface area (Å²) in [6.07, 6.45) is 1.14. The Morgan fingerprint density at radius 2 is 2.15 bits per heavy atom. The number of benzene rings is 1. The molecule has 0 bridgehead atoms. The highest BCUT2D eigenvalue weighted by atomic mass is 35.5. The summed E-state index contributed by atoms with van der Waals surface area (Å²) in [5, 5.41) is 7.26. The lowest BCUT2D eigenvalue weighted by Gasteiger charge is -2.27. The average molecular weight is 295 g/mol. The van der Waals surface area contributed by atoms with Crippen molar-refractivity contribution in [2.45, 2.75) is 12.8 Å². The van der Waals surface area contributed by atoms with Crippen molar-refractivity contribution >= 4 is 29.3 Å². The number of aryl methyl sites for hydroxylation is 1. The Bertz CT molecular complexity index is 545. The van der Waals surface area contributed by atoms with Crippen LogP contribution in [0.3, 0.4) is 0 Å². The fourth-order valence-electron chi connectivity index (χ4n) is 2.24. The molecule has 0 unspecified atom stereocenters. The number of para-hydroxylation sites is 1. The largest absolute Gasteiger partial charge is 0.461 e. The van der Waals surface area contributed by atoms with Crippen molar-refractivity contribution in [3.05, 3.63) is 36.1 Å². The molecule has 0 radical (unpaired) electrons. The maximum absolute atomic E-state index is 11.7. The lowest BCUT2D eigenvalue weighted by Crippen LogP contribution is -2.48. The minimum atomic E-state index is 0. The maximum Gasteiger partial charge on any atom is 0.220 e. The Morgan fingerprint density at radius 1 is 1.35 bits per heavy atom. The first-order valence-electron chi connectivity index (χ1n) is 6.76. The van der Waals surface area contributed by atoms with Gasteiger partial charge in [0.1, 0.15) is 11.3 Å². The van der Waals surface area contributed by atoms with Gasteiger partial charge in [-0.25, -0.2) is 0 Å². The van der Waals surface area contributed by atoms with Crippen molar-refractivity contribution in [1.29, 1.82) is 0 Å². The number of fused-ring (bicyclic) bond motifs is 1. The first-order valence-corrected chi connectivity index (χ1v) is 6.76. The van der Waals surface area contributed by atoms with Gasteiger partial charge in [-0.1, -0.05) is 18.2 Å². The molecular formula is C15H19ClN2O2. The van der Waals surface area contributed by atoms with E-state index in [4.69, 9.17) is 4.42 Å². The van der Waals surface area contributed by atoms with Gasteiger partial charge in [0.25, 0.3) is 0 Å². The summed E-state index contributed by atoms with van der Waals surface area (Å²) in [7, 11) is 0. The van der Waals surface area contributed by atoms with Crippen molar-refractivity contribution in [1.82, 2.24) is 10.6 Å². The summed E-state index contributed by atoms with van der Waals surface area (Å²) in [4.78, 5) is 11.7. The molecule has 0 atom stereocenters. The lowest BCUT2D eigenvalue weighted by molar-refractivity contribution is -0.121. The van der Waals surface area contributed by atoms with Crippen LogP contribution in [-0.2, 0) is 11.2 Å². The first-order chi connectivity index (χ1) is 9.31. The first kappa shape index (κ1) is 14.9. The number of furan rings is 1. The number of carbonyl (C=O) groups is 1. The SMILES string of the molecule is Cl.O=C(CCc1cc2ccccc2o1)NCC1CNC1. The predicted octanol–water partition coefficient (Wildman–Crippen LogP) is 2.12. The molecule has 1 aliphatic rings. The highest BCUT2D eigenvalue weighted by Crippen LogP contribution is 2.19. The second-order valence-electron chi connectivity index (χ2n) is 5.08. The van der Waals surface area contributed by atoms with E-state index >= 15 is 0 Å². The van der Waals surface area contributed by atoms with Crippen LogP contribution in [-0.4, -0.2) is 25.5 Å². The number of carbonyl (C=O) groups excluding carboxylic acids is 1. The van der Waals surface area contributed by atoms with Crippen LogP contribution < -0.4 is 10.6 Å². The van der Waals surface area contributed by atoms with Crippen LogP contribution in [0.25, 0.3) is 11.0 Å². The van der Waals surface area contributed by atoms with E-state index in [1.165, 1.54) is 0 Å². The van der Waals surface area contributed by atoms with Gasteiger partial charge in [-0.05, 0) is 12.1 Å². The molecule has 0 aliphatic carbocycles. The number of halogens is 1. The summed E-state index contributed by atoms with van der Waals surface area (Å²) in [5.74, 6) is 1.59. The highest BCUT2D eigenvalue weighted by molar-refractivity contribution is 5.85. The molecule has 0 spiro atoms. The summed E-state index contributed by atoms with van der Waals surface area (Å²) < 4.78 is 5.69. The van der Waals surface area contributed by atoms with Crippen molar-refractivity contribution in [3.8, 4) is 0 Å². The molecule has 2 N–H and O–H groups in total. The van der Waals surface area contributed by atoms with Gasteiger partial charge in [0.2, 0.25) is 5.91 Å². The Kier molecular flexibility index (Phi) is 5.04. The normalized spacial score (nSPS) is 14.6. The van der Waals surface area contributed by atoms with E-state index in [9.17, 15) is 4.79 Å². The molecule has 3 rings (SSSR count). The number of amides is 1. The Morgan fingerprint density at radius 3 is 2.85 bits per heavy atom. The zero-order valence-electron chi connectivity index (χ0n) is 11.2. The second-order valence-corrected chi connectivity index (χ2v) is 5.08. The fourth-order valence-corrected chi connectivity index (χ4v) is 2.24. The molecule has 1 saturated heterocycles. The Labute approximate surface area is 124 Å². The molecule has 1 aliphatic heterocycles. The molecule has 4 nitrogen and oxygen atoms in total. The van der Waals surface area contributed by atoms with Gasteiger partial charge < -0.3 is 15.1 Å². The second kappa shape index (κ2) is 6.77. The van der Waals surface area contributed by atoms with Gasteiger partial charge in [-0.3, -0.25) is 4.79 Å². The van der Waals surface area contributed by atoms with Crippen LogP contribution in [0.5, 0.6) is 0 Å². The lowest BCUT2D eigenvalue weighted by atomic mass is 10.0. The number of hydrogen-bond donors (Lipinski definition) is 2. The quantitative estimate of drug-likeness (QED) is 0.888. The van der Waals surface area contributed by atoms with Gasteiger partial charge >= 0.3 is 0 Å². The molecule has 1 fully saturated rings. The third kappa shape index (κ3) is 3.52. The summed E-state index contributed by atoms with van der Waals surface area (Å²) in [5.41, 5.74) is 0.887. The standard InChI is InChI=1S/C15H18N2O2.ClH/c18-15(17-10-11-8-16-9-11)6-5-13-7-12-3-1-2-4-14(12)19-13;/h1-4,7,11,16H,5-6,8-10H2,(H,17,18);1H. The van der Waals surface area contributed by atoms with Crippen LogP contribution in [0, 0.1) is 5.92 Å². The van der Waals surface area contributed by atoms with E-state index < -0.39 is 0 Å². The molecule has 5 heteroatoms. The van der Waals surface area contributed by atoms with Crippen molar-refractivity contribution < 1.29 is 9.21 Å². The van der Waals surface area contributed by atoms with E-state index in [1.807, 2.05) is 30.3 Å². The summed E-state index contributed by atoms with van der Waals surface area (Å²) in [6, 6.07) is 9.92. The monoisotopic (exact) mass is 294 g/mol. The number of rotatable bonds is 5. The average Bonchev–Trinajstić information content (AvgIpc) is 2.77. The van der Waals surface area contributed by atoms with Crippen LogP contribution in [0.15, 0.2) is 34.7 Å². The summed E-state index contributed by atoms with van der Waals surface area (Å²) >= 11 is 0. The Hall–Kier alpha value is -1.52. The molecular weight excluding hydrogens is 276 g/mol. The fraction of sp³-hybridized carbons (Fsp3) is 0.400. The smallest absolute Gasteiger partial charge is 0.220 e. The van der Waals surface area contributed by atoms with Crippen molar-refractivity contribution in [2.75, 3.05) is 19.6 Å². The molecule has 2 aromatic rings. The van der Waals surface area contributed by atoms with Crippen molar-refractivity contribution in [3.63, 3.8) is 0 Å². The van der Waals surface area contributed by atoms with E-state index in [1.54, 1.807) is 0 Å². The van der Waals surface area contributed by atoms with Crippen LogP contribution >= 0.6 is 12.4 Å². The van der Waals surface area contributed by atoms with E-state index in [-0.39, 0.29) is 18.3 Å². The zero-order chi connectivity index (χ0) is 13.1. The zero-order valence-corrected chi connectivity index (χ0v) is 12.0. The van der Waals surface area contributed by atoms with Gasteiger partial charge in [0.05, 0.1) is 0 Å². The third-order valence-corrected chi connectivity index (χ3v) is 3.53. The molecule has 1 aromatic carbocycles. The van der Waals surface area contributed by atoms with Gasteiger partial charge in [-0.15, -0.1) is 12.4 Å².